The van der Waals surface area contributed by atoms with E-state index < -0.39 is 0 Å². The Balaban J connectivity index is 1.56. The summed E-state index contributed by atoms with van der Waals surface area (Å²) in [4.78, 5) is 29.8. The molecule has 1 aliphatic rings. The molecule has 0 fully saturated rings. The summed E-state index contributed by atoms with van der Waals surface area (Å²) >= 11 is 0. The maximum Gasteiger partial charge on any atom is 0.261 e. The number of anilines is 1. The molecule has 0 saturated heterocycles. The van der Waals surface area contributed by atoms with Crippen LogP contribution in [0.5, 0.6) is 5.75 Å². The van der Waals surface area contributed by atoms with Crippen LogP contribution in [0.2, 0.25) is 0 Å². The molecule has 0 aliphatic carbocycles. The molecule has 3 aromatic rings. The predicted molar refractivity (Wildman–Crippen MR) is 114 cm³/mol. The summed E-state index contributed by atoms with van der Waals surface area (Å²) in [5, 5.41) is 3.35. The van der Waals surface area contributed by atoms with Gasteiger partial charge in [-0.3, -0.25) is 14.2 Å². The molecule has 148 valence electrons. The van der Waals surface area contributed by atoms with Crippen LogP contribution < -0.4 is 15.6 Å². The smallest absolute Gasteiger partial charge is 0.261 e. The summed E-state index contributed by atoms with van der Waals surface area (Å²) in [5.74, 6) is 1.30. The highest BCUT2D eigenvalue weighted by Crippen LogP contribution is 2.20. The number of nitrogens with one attached hydrogen (secondary N) is 1. The second kappa shape index (κ2) is 8.31. The standard InChI is InChI=1S/C23H23N3O3/c1-2-29-20-8-4-3-7-16(20)10-13-22(27)24-17-11-12-19-18(15-17)23(28)26-14-6-5-9-21(26)25-19/h3-4,7-8,10-13,15H,2,5-6,9,14H2,1H3,(H,24,27). The number of ether oxygens (including phenoxy) is 1. The average Bonchev–Trinajstić information content (AvgIpc) is 2.74. The van der Waals surface area contributed by atoms with Crippen LogP contribution in [0.4, 0.5) is 5.69 Å². The Morgan fingerprint density at radius 2 is 2.10 bits per heavy atom. The Bertz CT molecular complexity index is 1150. The monoisotopic (exact) mass is 389 g/mol. The Morgan fingerprint density at radius 3 is 2.97 bits per heavy atom. The molecule has 0 unspecified atom stereocenters. The number of benzene rings is 2. The van der Waals surface area contributed by atoms with Crippen LogP contribution in [0.15, 0.2) is 53.3 Å². The number of amides is 1. The molecule has 4 rings (SSSR count). The highest BCUT2D eigenvalue weighted by atomic mass is 16.5. The van der Waals surface area contributed by atoms with Gasteiger partial charge < -0.3 is 10.1 Å². The molecule has 0 spiro atoms. The van der Waals surface area contributed by atoms with Crippen molar-refractivity contribution in [3.05, 3.63) is 70.3 Å². The molecule has 0 atom stereocenters. The van der Waals surface area contributed by atoms with E-state index in [1.807, 2.05) is 31.2 Å². The van der Waals surface area contributed by atoms with E-state index in [1.165, 1.54) is 6.08 Å². The van der Waals surface area contributed by atoms with Gasteiger partial charge >= 0.3 is 0 Å². The molecule has 1 aromatic heterocycles. The van der Waals surface area contributed by atoms with Gasteiger partial charge in [-0.1, -0.05) is 18.2 Å². The molecular weight excluding hydrogens is 366 g/mol. The van der Waals surface area contributed by atoms with Crippen molar-refractivity contribution in [2.24, 2.45) is 0 Å². The predicted octanol–water partition coefficient (Wildman–Crippen LogP) is 3.78. The lowest BCUT2D eigenvalue weighted by Crippen LogP contribution is -2.28. The Morgan fingerprint density at radius 1 is 1.24 bits per heavy atom. The zero-order valence-electron chi connectivity index (χ0n) is 16.4. The van der Waals surface area contributed by atoms with E-state index in [9.17, 15) is 9.59 Å². The molecule has 0 radical (unpaired) electrons. The third-order valence-electron chi connectivity index (χ3n) is 4.97. The van der Waals surface area contributed by atoms with Crippen LogP contribution in [0, 0.1) is 0 Å². The Labute approximate surface area is 168 Å². The summed E-state index contributed by atoms with van der Waals surface area (Å²) in [6, 6.07) is 12.8. The lowest BCUT2D eigenvalue weighted by Gasteiger charge is -2.17. The fourth-order valence-electron chi connectivity index (χ4n) is 3.57. The van der Waals surface area contributed by atoms with Crippen molar-refractivity contribution < 1.29 is 9.53 Å². The van der Waals surface area contributed by atoms with Crippen molar-refractivity contribution in [3.8, 4) is 5.75 Å². The van der Waals surface area contributed by atoms with Gasteiger partial charge in [0.15, 0.2) is 0 Å². The first-order chi connectivity index (χ1) is 14.2. The second-order valence-electron chi connectivity index (χ2n) is 6.97. The van der Waals surface area contributed by atoms with E-state index in [-0.39, 0.29) is 11.5 Å². The van der Waals surface area contributed by atoms with Crippen LogP contribution in [-0.4, -0.2) is 22.1 Å². The van der Waals surface area contributed by atoms with E-state index in [1.54, 1.807) is 28.8 Å². The van der Waals surface area contributed by atoms with E-state index >= 15 is 0 Å². The molecule has 2 aromatic carbocycles. The van der Waals surface area contributed by atoms with Gasteiger partial charge in [-0.25, -0.2) is 4.98 Å². The third-order valence-corrected chi connectivity index (χ3v) is 4.97. The maximum atomic E-state index is 12.8. The van der Waals surface area contributed by atoms with Crippen molar-refractivity contribution >= 4 is 28.6 Å². The van der Waals surface area contributed by atoms with E-state index in [0.717, 1.165) is 36.4 Å². The molecular formula is C23H23N3O3. The van der Waals surface area contributed by atoms with Gasteiger partial charge in [0.2, 0.25) is 5.91 Å². The number of para-hydroxylation sites is 1. The topological polar surface area (TPSA) is 73.2 Å². The zero-order chi connectivity index (χ0) is 20.2. The van der Waals surface area contributed by atoms with Gasteiger partial charge in [0, 0.05) is 30.3 Å². The first-order valence-electron chi connectivity index (χ1n) is 9.90. The minimum atomic E-state index is -0.276. The minimum Gasteiger partial charge on any atom is -0.493 e. The quantitative estimate of drug-likeness (QED) is 0.674. The van der Waals surface area contributed by atoms with E-state index in [0.29, 0.717) is 29.7 Å². The molecule has 1 aliphatic heterocycles. The van der Waals surface area contributed by atoms with Gasteiger partial charge in [-0.2, -0.15) is 0 Å². The summed E-state index contributed by atoms with van der Waals surface area (Å²) < 4.78 is 7.32. The van der Waals surface area contributed by atoms with Gasteiger partial charge in [-0.05, 0) is 50.1 Å². The van der Waals surface area contributed by atoms with Crippen LogP contribution in [-0.2, 0) is 17.8 Å². The molecule has 29 heavy (non-hydrogen) atoms. The fourth-order valence-corrected chi connectivity index (χ4v) is 3.57. The average molecular weight is 389 g/mol. The number of hydrogen-bond acceptors (Lipinski definition) is 4. The number of carbonyl (C=O) groups is 1. The summed E-state index contributed by atoms with van der Waals surface area (Å²) in [6.45, 7) is 3.18. The molecule has 1 amide bonds. The second-order valence-corrected chi connectivity index (χ2v) is 6.97. The summed E-state index contributed by atoms with van der Waals surface area (Å²) in [7, 11) is 0. The van der Waals surface area contributed by atoms with Gasteiger partial charge in [0.05, 0.1) is 17.5 Å². The van der Waals surface area contributed by atoms with Crippen LogP contribution >= 0.6 is 0 Å². The SMILES string of the molecule is CCOc1ccccc1C=CC(=O)Nc1ccc2nc3n(c(=O)c2c1)CCCC3. The zero-order valence-corrected chi connectivity index (χ0v) is 16.4. The number of rotatable bonds is 5. The lowest BCUT2D eigenvalue weighted by atomic mass is 10.1. The van der Waals surface area contributed by atoms with Gasteiger partial charge in [0.1, 0.15) is 11.6 Å². The van der Waals surface area contributed by atoms with Crippen molar-refractivity contribution in [1.82, 2.24) is 9.55 Å². The number of aromatic nitrogens is 2. The number of hydrogen-bond donors (Lipinski definition) is 1. The first kappa shape index (κ1) is 18.9. The number of nitrogens with zero attached hydrogens (tertiary/aromatic N) is 2. The van der Waals surface area contributed by atoms with Crippen LogP contribution in [0.1, 0.15) is 31.2 Å². The fraction of sp³-hybridized carbons (Fsp3) is 0.261. The molecule has 6 heteroatoms. The van der Waals surface area contributed by atoms with Gasteiger partial charge in [-0.15, -0.1) is 0 Å². The van der Waals surface area contributed by atoms with Gasteiger partial charge in [0.25, 0.3) is 5.56 Å². The highest BCUT2D eigenvalue weighted by molar-refractivity contribution is 6.03. The van der Waals surface area contributed by atoms with E-state index in [4.69, 9.17) is 4.74 Å². The molecule has 6 nitrogen and oxygen atoms in total. The largest absolute Gasteiger partial charge is 0.493 e. The number of aryl methyl sites for hydroxylation is 1. The normalized spacial score (nSPS) is 13.4. The molecule has 2 heterocycles. The number of carbonyl (C=O) groups excluding carboxylic acids is 1. The number of fused-ring (bicyclic) bond motifs is 2. The van der Waals surface area contributed by atoms with Crippen molar-refractivity contribution in [2.45, 2.75) is 32.7 Å². The lowest BCUT2D eigenvalue weighted by molar-refractivity contribution is -0.111. The van der Waals surface area contributed by atoms with E-state index in [2.05, 4.69) is 10.3 Å². The van der Waals surface area contributed by atoms with Crippen molar-refractivity contribution in [1.29, 1.82) is 0 Å². The molecule has 0 bridgehead atoms. The molecule has 0 saturated carbocycles. The third kappa shape index (κ3) is 4.06. The van der Waals surface area contributed by atoms with Crippen LogP contribution in [0.3, 0.4) is 0 Å². The van der Waals surface area contributed by atoms with Crippen molar-refractivity contribution in [2.75, 3.05) is 11.9 Å². The maximum absolute atomic E-state index is 12.8. The Hall–Kier alpha value is -3.41. The van der Waals surface area contributed by atoms with Crippen molar-refractivity contribution in [3.63, 3.8) is 0 Å². The summed E-state index contributed by atoms with van der Waals surface area (Å²) in [6.07, 6.45) is 6.06. The highest BCUT2D eigenvalue weighted by Gasteiger charge is 2.15. The Kier molecular flexibility index (Phi) is 5.42. The first-order valence-corrected chi connectivity index (χ1v) is 9.90. The minimum absolute atomic E-state index is 0.0398. The van der Waals surface area contributed by atoms with Crippen LogP contribution in [0.25, 0.3) is 17.0 Å². The summed E-state index contributed by atoms with van der Waals surface area (Å²) in [5.41, 5.74) is 2.03. The molecule has 1 N–H and O–H groups in total.